The summed E-state index contributed by atoms with van der Waals surface area (Å²) in [5.74, 6) is -0.231. The summed E-state index contributed by atoms with van der Waals surface area (Å²) in [7, 11) is 3.77. The predicted octanol–water partition coefficient (Wildman–Crippen LogP) is 6.79. The molecule has 3 amide bonds. The number of rotatable bonds is 8. The number of amides is 3. The SMILES string of the molecule is CN(C)c1ccccc1C(=O)Nc1ccc(N(CCc2csc(NC(=O)OC(C)(C)C)n2)C(=O)OC(C)(C)C)cc1. The second kappa shape index (κ2) is 13.0. The van der Waals surface area contributed by atoms with Gasteiger partial charge in [-0.15, -0.1) is 11.3 Å². The summed E-state index contributed by atoms with van der Waals surface area (Å²) in [4.78, 5) is 46.0. The molecule has 0 unspecified atom stereocenters. The first-order chi connectivity index (χ1) is 19.1. The molecule has 220 valence electrons. The average Bonchev–Trinajstić information content (AvgIpc) is 3.29. The molecule has 10 nitrogen and oxygen atoms in total. The molecule has 0 aliphatic heterocycles. The van der Waals surface area contributed by atoms with Crippen molar-refractivity contribution in [2.75, 3.05) is 41.1 Å². The third kappa shape index (κ3) is 9.78. The molecule has 2 aromatic carbocycles. The molecule has 1 aromatic heterocycles. The highest BCUT2D eigenvalue weighted by atomic mass is 32.1. The van der Waals surface area contributed by atoms with Crippen LogP contribution in [0.25, 0.3) is 0 Å². The lowest BCUT2D eigenvalue weighted by Gasteiger charge is -2.27. The maximum Gasteiger partial charge on any atom is 0.414 e. The fourth-order valence-electron chi connectivity index (χ4n) is 3.72. The molecule has 0 bridgehead atoms. The number of nitrogens with one attached hydrogen (secondary N) is 2. The van der Waals surface area contributed by atoms with Gasteiger partial charge in [-0.1, -0.05) is 12.1 Å². The molecule has 2 N–H and O–H groups in total. The summed E-state index contributed by atoms with van der Waals surface area (Å²) in [5, 5.41) is 7.80. The van der Waals surface area contributed by atoms with E-state index in [9.17, 15) is 14.4 Å². The monoisotopic (exact) mass is 581 g/mol. The van der Waals surface area contributed by atoms with Gasteiger partial charge in [-0.25, -0.2) is 14.6 Å². The van der Waals surface area contributed by atoms with E-state index in [2.05, 4.69) is 15.6 Å². The Labute approximate surface area is 245 Å². The molecule has 0 atom stereocenters. The molecule has 0 aliphatic carbocycles. The lowest BCUT2D eigenvalue weighted by Crippen LogP contribution is -2.38. The fraction of sp³-hybridized carbons (Fsp3) is 0.400. The Bertz CT molecular complexity index is 1360. The van der Waals surface area contributed by atoms with Gasteiger partial charge in [0.05, 0.1) is 11.3 Å². The van der Waals surface area contributed by atoms with Gasteiger partial charge in [-0.3, -0.25) is 15.0 Å². The minimum absolute atomic E-state index is 0.231. The Morgan fingerprint density at radius 2 is 1.51 bits per heavy atom. The Morgan fingerprint density at radius 3 is 2.12 bits per heavy atom. The van der Waals surface area contributed by atoms with E-state index in [1.165, 1.54) is 16.2 Å². The van der Waals surface area contributed by atoms with E-state index >= 15 is 0 Å². The molecule has 0 aliphatic rings. The molecule has 1 heterocycles. The van der Waals surface area contributed by atoms with Crippen LogP contribution in [0.1, 0.15) is 57.6 Å². The van der Waals surface area contributed by atoms with Gasteiger partial charge in [-0.2, -0.15) is 0 Å². The molecular weight excluding hydrogens is 542 g/mol. The van der Waals surface area contributed by atoms with Crippen LogP contribution in [0.4, 0.5) is 31.8 Å². The number of benzene rings is 2. The van der Waals surface area contributed by atoms with Crippen LogP contribution in [-0.2, 0) is 15.9 Å². The van der Waals surface area contributed by atoms with E-state index in [0.717, 1.165) is 5.69 Å². The number of carbonyl (C=O) groups is 3. The predicted molar refractivity (Wildman–Crippen MR) is 164 cm³/mol. The van der Waals surface area contributed by atoms with Gasteiger partial charge >= 0.3 is 12.2 Å². The average molecular weight is 582 g/mol. The molecule has 3 aromatic rings. The minimum atomic E-state index is -0.686. The zero-order valence-corrected chi connectivity index (χ0v) is 25.7. The van der Waals surface area contributed by atoms with Crippen LogP contribution in [0.2, 0.25) is 0 Å². The number of ether oxygens (including phenoxy) is 2. The van der Waals surface area contributed by atoms with Crippen LogP contribution >= 0.6 is 11.3 Å². The van der Waals surface area contributed by atoms with E-state index in [0.29, 0.717) is 34.2 Å². The van der Waals surface area contributed by atoms with E-state index in [1.807, 2.05) is 63.3 Å². The molecule has 0 saturated carbocycles. The van der Waals surface area contributed by atoms with Crippen molar-refractivity contribution in [3.8, 4) is 0 Å². The molecule has 0 radical (unpaired) electrons. The number of aromatic nitrogens is 1. The summed E-state index contributed by atoms with van der Waals surface area (Å²) in [6, 6.07) is 14.4. The molecule has 41 heavy (non-hydrogen) atoms. The van der Waals surface area contributed by atoms with Crippen LogP contribution in [0.3, 0.4) is 0 Å². The summed E-state index contributed by atoms with van der Waals surface area (Å²) in [6.45, 7) is 11.1. The van der Waals surface area contributed by atoms with Crippen molar-refractivity contribution in [3.05, 3.63) is 65.2 Å². The van der Waals surface area contributed by atoms with Gasteiger partial charge in [0.15, 0.2) is 5.13 Å². The largest absolute Gasteiger partial charge is 0.444 e. The van der Waals surface area contributed by atoms with Crippen molar-refractivity contribution in [1.82, 2.24) is 4.98 Å². The van der Waals surface area contributed by atoms with E-state index in [-0.39, 0.29) is 12.5 Å². The number of anilines is 4. The van der Waals surface area contributed by atoms with Gasteiger partial charge < -0.3 is 19.7 Å². The van der Waals surface area contributed by atoms with Crippen LogP contribution in [-0.4, -0.2) is 54.9 Å². The number of para-hydroxylation sites is 1. The second-order valence-electron chi connectivity index (χ2n) is 11.6. The van der Waals surface area contributed by atoms with Crippen LogP contribution in [0.15, 0.2) is 53.9 Å². The first-order valence-corrected chi connectivity index (χ1v) is 14.1. The summed E-state index contributed by atoms with van der Waals surface area (Å²) in [6.07, 6.45) is -0.659. The van der Waals surface area contributed by atoms with Crippen molar-refractivity contribution in [3.63, 3.8) is 0 Å². The number of thiazole rings is 1. The number of nitrogens with zero attached hydrogens (tertiary/aromatic N) is 3. The van der Waals surface area contributed by atoms with E-state index < -0.39 is 23.4 Å². The minimum Gasteiger partial charge on any atom is -0.444 e. The maximum atomic E-state index is 13.2. The number of carbonyl (C=O) groups excluding carboxylic acids is 3. The lowest BCUT2D eigenvalue weighted by molar-refractivity contribution is 0.0578. The highest BCUT2D eigenvalue weighted by molar-refractivity contribution is 7.13. The second-order valence-corrected chi connectivity index (χ2v) is 12.4. The smallest absolute Gasteiger partial charge is 0.414 e. The van der Waals surface area contributed by atoms with Crippen molar-refractivity contribution in [2.24, 2.45) is 0 Å². The van der Waals surface area contributed by atoms with Crippen molar-refractivity contribution in [1.29, 1.82) is 0 Å². The van der Waals surface area contributed by atoms with Crippen LogP contribution in [0.5, 0.6) is 0 Å². The first kappa shape index (κ1) is 31.4. The Hall–Kier alpha value is -4.12. The summed E-state index contributed by atoms with van der Waals surface area (Å²) < 4.78 is 10.9. The van der Waals surface area contributed by atoms with Crippen molar-refractivity contribution >= 4 is 51.6 Å². The van der Waals surface area contributed by atoms with Crippen LogP contribution < -0.4 is 20.4 Å². The fourth-order valence-corrected chi connectivity index (χ4v) is 4.45. The molecule has 11 heteroatoms. The molecule has 0 spiro atoms. The van der Waals surface area contributed by atoms with Gasteiger partial charge in [0, 0.05) is 49.5 Å². The quantitative estimate of drug-likeness (QED) is 0.301. The third-order valence-electron chi connectivity index (χ3n) is 5.43. The molecule has 0 fully saturated rings. The number of hydrogen-bond donors (Lipinski definition) is 2. The van der Waals surface area contributed by atoms with Gasteiger partial charge in [-0.05, 0) is 77.9 Å². The topological polar surface area (TPSA) is 113 Å². The lowest BCUT2D eigenvalue weighted by atomic mass is 10.1. The summed E-state index contributed by atoms with van der Waals surface area (Å²) >= 11 is 1.28. The Kier molecular flexibility index (Phi) is 9.98. The van der Waals surface area contributed by atoms with E-state index in [4.69, 9.17) is 9.47 Å². The number of hydrogen-bond acceptors (Lipinski definition) is 8. The zero-order valence-electron chi connectivity index (χ0n) is 24.9. The van der Waals surface area contributed by atoms with Gasteiger partial charge in [0.25, 0.3) is 5.91 Å². The molecular formula is C30H39N5O5S. The Balaban J connectivity index is 1.72. The maximum absolute atomic E-state index is 13.2. The first-order valence-electron chi connectivity index (χ1n) is 13.2. The van der Waals surface area contributed by atoms with Crippen molar-refractivity contribution < 1.29 is 23.9 Å². The summed E-state index contributed by atoms with van der Waals surface area (Å²) in [5.41, 5.74) is 1.96. The third-order valence-corrected chi connectivity index (χ3v) is 6.24. The van der Waals surface area contributed by atoms with Crippen LogP contribution in [0, 0.1) is 0 Å². The normalized spacial score (nSPS) is 11.4. The Morgan fingerprint density at radius 1 is 0.878 bits per heavy atom. The highest BCUT2D eigenvalue weighted by Gasteiger charge is 2.24. The van der Waals surface area contributed by atoms with E-state index in [1.54, 1.807) is 51.1 Å². The standard InChI is InChI=1S/C30H39N5O5S/c1-29(2,3)39-27(37)33-26-32-21(19-41-26)17-18-35(28(38)40-30(4,5)6)22-15-13-20(14-16-22)31-25(36)23-11-9-10-12-24(23)34(7)8/h9-16,19H,17-18H2,1-8H3,(H,31,36)(H,32,33,37). The molecule has 3 rings (SSSR count). The van der Waals surface area contributed by atoms with Crippen molar-refractivity contribution in [2.45, 2.75) is 59.2 Å². The highest BCUT2D eigenvalue weighted by Crippen LogP contribution is 2.24. The van der Waals surface area contributed by atoms with Gasteiger partial charge in [0.2, 0.25) is 0 Å². The van der Waals surface area contributed by atoms with Gasteiger partial charge in [0.1, 0.15) is 11.2 Å². The molecule has 0 saturated heterocycles. The zero-order chi connectivity index (χ0) is 30.4.